The lowest BCUT2D eigenvalue weighted by molar-refractivity contribution is 0.0697. The highest BCUT2D eigenvalue weighted by atomic mass is 16.4. The lowest BCUT2D eigenvalue weighted by Crippen LogP contribution is -2.01. The molecule has 0 aliphatic carbocycles. The van der Waals surface area contributed by atoms with Crippen molar-refractivity contribution in [2.75, 3.05) is 5.32 Å². The van der Waals surface area contributed by atoms with Crippen molar-refractivity contribution in [2.45, 2.75) is 20.8 Å². The van der Waals surface area contributed by atoms with Gasteiger partial charge in [-0.25, -0.2) is 4.79 Å². The van der Waals surface area contributed by atoms with Crippen molar-refractivity contribution in [1.82, 2.24) is 0 Å². The Bertz CT molecular complexity index is 612. The van der Waals surface area contributed by atoms with E-state index < -0.39 is 5.97 Å². The van der Waals surface area contributed by atoms with Gasteiger partial charge < -0.3 is 10.4 Å². The molecule has 0 saturated heterocycles. The molecule has 0 fully saturated rings. The largest absolute Gasteiger partial charge is 0.478 e. The Morgan fingerprint density at radius 1 is 1.00 bits per heavy atom. The van der Waals surface area contributed by atoms with Crippen LogP contribution in [0.5, 0.6) is 0 Å². The Kier molecular flexibility index (Phi) is 3.56. The van der Waals surface area contributed by atoms with Crippen LogP contribution in [0, 0.1) is 20.8 Å². The van der Waals surface area contributed by atoms with Crippen LogP contribution >= 0.6 is 0 Å². The normalized spacial score (nSPS) is 10.3. The molecule has 0 radical (unpaired) electrons. The lowest BCUT2D eigenvalue weighted by atomic mass is 10.1. The molecule has 0 aliphatic heterocycles. The number of anilines is 2. The van der Waals surface area contributed by atoms with E-state index in [2.05, 4.69) is 5.32 Å². The fourth-order valence-electron chi connectivity index (χ4n) is 2.04. The first-order valence-corrected chi connectivity index (χ1v) is 6.16. The van der Waals surface area contributed by atoms with Gasteiger partial charge in [-0.05, 0) is 49.6 Å². The molecule has 0 aliphatic rings. The Hall–Kier alpha value is -2.29. The van der Waals surface area contributed by atoms with Crippen molar-refractivity contribution >= 4 is 17.3 Å². The number of nitrogens with one attached hydrogen (secondary N) is 1. The van der Waals surface area contributed by atoms with E-state index in [1.54, 1.807) is 12.1 Å². The molecule has 0 heterocycles. The van der Waals surface area contributed by atoms with E-state index in [0.29, 0.717) is 5.56 Å². The summed E-state index contributed by atoms with van der Waals surface area (Å²) in [6.45, 7) is 6.03. The summed E-state index contributed by atoms with van der Waals surface area (Å²) in [5.41, 5.74) is 5.46. The van der Waals surface area contributed by atoms with Gasteiger partial charge >= 0.3 is 5.97 Å². The zero-order chi connectivity index (χ0) is 14.0. The van der Waals surface area contributed by atoms with Gasteiger partial charge in [0.05, 0.1) is 5.56 Å². The highest BCUT2D eigenvalue weighted by molar-refractivity contribution is 5.89. The van der Waals surface area contributed by atoms with E-state index in [4.69, 9.17) is 5.11 Å². The molecule has 0 spiro atoms. The van der Waals surface area contributed by atoms with Crippen molar-refractivity contribution in [3.63, 3.8) is 0 Å². The van der Waals surface area contributed by atoms with Crippen LogP contribution in [0.1, 0.15) is 27.0 Å². The maximum absolute atomic E-state index is 11.0. The summed E-state index contributed by atoms with van der Waals surface area (Å²) in [5, 5.41) is 12.4. The van der Waals surface area contributed by atoms with Gasteiger partial charge in [0.15, 0.2) is 0 Å². The maximum Gasteiger partial charge on any atom is 0.335 e. The average molecular weight is 255 g/mol. The summed E-state index contributed by atoms with van der Waals surface area (Å²) in [6.07, 6.45) is 0. The van der Waals surface area contributed by atoms with E-state index in [-0.39, 0.29) is 0 Å². The molecule has 98 valence electrons. The van der Waals surface area contributed by atoms with Crippen molar-refractivity contribution in [1.29, 1.82) is 0 Å². The van der Waals surface area contributed by atoms with Crippen LogP contribution in [0.4, 0.5) is 11.4 Å². The van der Waals surface area contributed by atoms with Crippen molar-refractivity contribution in [3.8, 4) is 0 Å². The van der Waals surface area contributed by atoms with Crippen LogP contribution in [0.3, 0.4) is 0 Å². The number of benzene rings is 2. The molecule has 0 bridgehead atoms. The second kappa shape index (κ2) is 5.14. The number of carboxylic acids is 1. The second-order valence-corrected chi connectivity index (χ2v) is 4.73. The highest BCUT2D eigenvalue weighted by Gasteiger charge is 2.08. The number of aromatic carboxylic acids is 1. The summed E-state index contributed by atoms with van der Waals surface area (Å²) in [7, 11) is 0. The van der Waals surface area contributed by atoms with Crippen LogP contribution in [0.2, 0.25) is 0 Å². The number of carbonyl (C=O) groups is 1. The predicted molar refractivity (Wildman–Crippen MR) is 77.3 cm³/mol. The minimum absolute atomic E-state index is 0.291. The number of carboxylic acid groups (broad SMARTS) is 1. The first kappa shape index (κ1) is 13.1. The van der Waals surface area contributed by atoms with E-state index in [9.17, 15) is 4.79 Å². The monoisotopic (exact) mass is 255 g/mol. The fourth-order valence-corrected chi connectivity index (χ4v) is 2.04. The van der Waals surface area contributed by atoms with Gasteiger partial charge in [-0.2, -0.15) is 0 Å². The van der Waals surface area contributed by atoms with Crippen molar-refractivity contribution < 1.29 is 9.90 Å². The second-order valence-electron chi connectivity index (χ2n) is 4.73. The molecule has 3 heteroatoms. The summed E-state index contributed by atoms with van der Waals surface area (Å²) < 4.78 is 0. The Balaban J connectivity index is 2.43. The van der Waals surface area contributed by atoms with Crippen LogP contribution in [-0.4, -0.2) is 11.1 Å². The molecule has 3 nitrogen and oxygen atoms in total. The number of hydrogen-bond donors (Lipinski definition) is 2. The zero-order valence-corrected chi connectivity index (χ0v) is 11.3. The summed E-state index contributed by atoms with van der Waals surface area (Å²) in [5.74, 6) is -0.912. The van der Waals surface area contributed by atoms with Crippen molar-refractivity contribution in [3.05, 3.63) is 58.7 Å². The third kappa shape index (κ3) is 2.76. The zero-order valence-electron chi connectivity index (χ0n) is 11.3. The van der Waals surface area contributed by atoms with E-state index in [0.717, 1.165) is 28.1 Å². The summed E-state index contributed by atoms with van der Waals surface area (Å²) in [4.78, 5) is 11.0. The molecule has 2 N–H and O–H groups in total. The van der Waals surface area contributed by atoms with Gasteiger partial charge in [0.2, 0.25) is 0 Å². The summed E-state index contributed by atoms with van der Waals surface area (Å²) >= 11 is 0. The van der Waals surface area contributed by atoms with Gasteiger partial charge in [0.25, 0.3) is 0 Å². The number of para-hydroxylation sites is 1. The third-order valence-corrected chi connectivity index (χ3v) is 3.23. The number of hydrogen-bond acceptors (Lipinski definition) is 2. The average Bonchev–Trinajstić information content (AvgIpc) is 2.35. The molecule has 0 unspecified atom stereocenters. The van der Waals surface area contributed by atoms with Gasteiger partial charge in [-0.1, -0.05) is 24.3 Å². The Morgan fingerprint density at radius 2 is 1.63 bits per heavy atom. The number of rotatable bonds is 3. The molecular weight excluding hydrogens is 238 g/mol. The smallest absolute Gasteiger partial charge is 0.335 e. The quantitative estimate of drug-likeness (QED) is 0.869. The van der Waals surface area contributed by atoms with E-state index in [1.165, 1.54) is 0 Å². The van der Waals surface area contributed by atoms with E-state index in [1.807, 2.05) is 45.0 Å². The Labute approximate surface area is 112 Å². The highest BCUT2D eigenvalue weighted by Crippen LogP contribution is 2.27. The predicted octanol–water partition coefficient (Wildman–Crippen LogP) is 4.05. The van der Waals surface area contributed by atoms with Gasteiger partial charge in [-0.3, -0.25) is 0 Å². The molecule has 2 rings (SSSR count). The number of aryl methyl sites for hydroxylation is 3. The minimum Gasteiger partial charge on any atom is -0.478 e. The third-order valence-electron chi connectivity index (χ3n) is 3.23. The van der Waals surface area contributed by atoms with Gasteiger partial charge in [0.1, 0.15) is 0 Å². The van der Waals surface area contributed by atoms with Crippen LogP contribution in [-0.2, 0) is 0 Å². The van der Waals surface area contributed by atoms with Gasteiger partial charge in [-0.15, -0.1) is 0 Å². The molecule has 0 atom stereocenters. The standard InChI is InChI=1S/C16H17NO2/c1-10-7-8-13(16(18)19)9-14(10)17-15-11(2)5-4-6-12(15)3/h4-9,17H,1-3H3,(H,18,19). The molecule has 0 saturated carbocycles. The summed E-state index contributed by atoms with van der Waals surface area (Å²) in [6, 6.07) is 11.2. The first-order valence-electron chi connectivity index (χ1n) is 6.16. The fraction of sp³-hybridized carbons (Fsp3) is 0.188. The van der Waals surface area contributed by atoms with Gasteiger partial charge in [0, 0.05) is 11.4 Å². The van der Waals surface area contributed by atoms with E-state index >= 15 is 0 Å². The van der Waals surface area contributed by atoms with Crippen molar-refractivity contribution in [2.24, 2.45) is 0 Å². The lowest BCUT2D eigenvalue weighted by Gasteiger charge is -2.15. The SMILES string of the molecule is Cc1ccc(C(=O)O)cc1Nc1c(C)cccc1C. The topological polar surface area (TPSA) is 49.3 Å². The molecule has 2 aromatic carbocycles. The molecule has 0 amide bonds. The Morgan fingerprint density at radius 3 is 2.21 bits per heavy atom. The molecule has 0 aromatic heterocycles. The van der Waals surface area contributed by atoms with Crippen LogP contribution < -0.4 is 5.32 Å². The first-order chi connectivity index (χ1) is 8.99. The maximum atomic E-state index is 11.0. The molecule has 19 heavy (non-hydrogen) atoms. The molecule has 2 aromatic rings. The van der Waals surface area contributed by atoms with Crippen LogP contribution in [0.15, 0.2) is 36.4 Å². The van der Waals surface area contributed by atoms with Crippen LogP contribution in [0.25, 0.3) is 0 Å². The minimum atomic E-state index is -0.912. The molecular formula is C16H17NO2.